The van der Waals surface area contributed by atoms with E-state index >= 15 is 0 Å². The van der Waals surface area contributed by atoms with E-state index in [0.29, 0.717) is 197 Å². The molecule has 0 fully saturated rings. The van der Waals surface area contributed by atoms with Crippen molar-refractivity contribution < 1.29 is 71.1 Å². The summed E-state index contributed by atoms with van der Waals surface area (Å²) in [4.78, 5) is 0. The minimum absolute atomic E-state index is 0.113. The van der Waals surface area contributed by atoms with Gasteiger partial charge in [0.25, 0.3) is 0 Å². The van der Waals surface area contributed by atoms with E-state index in [1.165, 1.54) is 6.42 Å². The van der Waals surface area contributed by atoms with Crippen LogP contribution in [0.1, 0.15) is 54.4 Å². The van der Waals surface area contributed by atoms with Crippen LogP contribution < -0.4 is 5.32 Å². The second-order valence-electron chi connectivity index (χ2n) is 15.0. The van der Waals surface area contributed by atoms with Crippen molar-refractivity contribution in [1.29, 1.82) is 0 Å². The highest BCUT2D eigenvalue weighted by atomic mass is 16.6. The molecule has 16 nitrogen and oxygen atoms in total. The lowest BCUT2D eigenvalue weighted by Gasteiger charge is -2.20. The van der Waals surface area contributed by atoms with E-state index in [1.54, 1.807) is 0 Å². The minimum Gasteiger partial charge on any atom is -0.379 e. The highest BCUT2D eigenvalue weighted by Gasteiger charge is 2.09. The van der Waals surface area contributed by atoms with Crippen molar-refractivity contribution >= 4 is 0 Å². The Hall–Kier alpha value is -0.640. The van der Waals surface area contributed by atoms with E-state index in [0.717, 1.165) is 19.6 Å². The fraction of sp³-hybridized carbons (Fsp3) is 1.00. The van der Waals surface area contributed by atoms with Crippen LogP contribution in [0.2, 0.25) is 0 Å². The van der Waals surface area contributed by atoms with E-state index in [4.69, 9.17) is 71.1 Å². The van der Waals surface area contributed by atoms with Gasteiger partial charge in [-0.25, -0.2) is 0 Å². The molecule has 0 aliphatic rings. The summed E-state index contributed by atoms with van der Waals surface area (Å²) in [5.41, 5.74) is 0.476. The average Bonchev–Trinajstić information content (AvgIpc) is 3.16. The van der Waals surface area contributed by atoms with E-state index in [1.807, 2.05) is 0 Å². The molecule has 0 aromatic heterocycles. The normalized spacial score (nSPS) is 12.3. The second-order valence-corrected chi connectivity index (χ2v) is 15.0. The average molecular weight is 832 g/mol. The first-order chi connectivity index (χ1) is 27.7. The Morgan fingerprint density at radius 1 is 0.246 bits per heavy atom. The molecule has 0 bridgehead atoms. The molecule has 0 aliphatic heterocycles. The lowest BCUT2D eigenvalue weighted by molar-refractivity contribution is -0.0300. The van der Waals surface area contributed by atoms with Gasteiger partial charge in [0, 0.05) is 18.7 Å². The lowest BCUT2D eigenvalue weighted by atomic mass is 9.91. The molecule has 0 rings (SSSR count). The zero-order valence-electron chi connectivity index (χ0n) is 37.0. The van der Waals surface area contributed by atoms with Crippen LogP contribution in [-0.2, 0) is 71.1 Å². The Labute approximate surface area is 346 Å². The summed E-state index contributed by atoms with van der Waals surface area (Å²) >= 11 is 0. The minimum atomic E-state index is 0.113. The van der Waals surface area contributed by atoms with Gasteiger partial charge in [0.2, 0.25) is 0 Å². The third kappa shape index (κ3) is 55.4. The summed E-state index contributed by atoms with van der Waals surface area (Å²) in [6.07, 6.45) is 2.25. The molecule has 0 aromatic carbocycles. The van der Waals surface area contributed by atoms with Crippen LogP contribution in [0.3, 0.4) is 0 Å². The maximum absolute atomic E-state index is 5.58. The predicted molar refractivity (Wildman–Crippen MR) is 219 cm³/mol. The zero-order chi connectivity index (χ0) is 41.6. The quantitative estimate of drug-likeness (QED) is 0.0892. The first-order valence-electron chi connectivity index (χ1n) is 21.1. The van der Waals surface area contributed by atoms with Gasteiger partial charge in [0.1, 0.15) is 0 Å². The monoisotopic (exact) mass is 832 g/mol. The fourth-order valence-electron chi connectivity index (χ4n) is 4.38. The number of nitrogens with one attached hydrogen (secondary N) is 1. The van der Waals surface area contributed by atoms with Gasteiger partial charge < -0.3 is 76.4 Å². The van der Waals surface area contributed by atoms with Gasteiger partial charge in [-0.1, -0.05) is 20.8 Å². The van der Waals surface area contributed by atoms with Crippen molar-refractivity contribution in [3.8, 4) is 0 Å². The maximum Gasteiger partial charge on any atom is 0.0701 e. The molecule has 0 saturated carbocycles. The number of ether oxygens (including phenoxy) is 15. The van der Waals surface area contributed by atoms with Gasteiger partial charge >= 0.3 is 0 Å². The molecule has 0 aromatic rings. The summed E-state index contributed by atoms with van der Waals surface area (Å²) in [5, 5.41) is 3.38. The van der Waals surface area contributed by atoms with Gasteiger partial charge in [0.15, 0.2) is 0 Å². The molecule has 16 heteroatoms. The van der Waals surface area contributed by atoms with Crippen LogP contribution in [0, 0.1) is 5.41 Å². The van der Waals surface area contributed by atoms with E-state index in [2.05, 4.69) is 46.9 Å². The summed E-state index contributed by atoms with van der Waals surface area (Å²) in [7, 11) is 0. The first-order valence-corrected chi connectivity index (χ1v) is 21.1. The Morgan fingerprint density at radius 3 is 0.596 bits per heavy atom. The molecule has 0 aliphatic carbocycles. The number of rotatable bonds is 48. The molecule has 0 spiro atoms. The third-order valence-electron chi connectivity index (χ3n) is 7.33. The van der Waals surface area contributed by atoms with Gasteiger partial charge in [-0.2, -0.15) is 0 Å². The van der Waals surface area contributed by atoms with Crippen LogP contribution >= 0.6 is 0 Å². The summed E-state index contributed by atoms with van der Waals surface area (Å²) < 4.78 is 82.6. The SMILES string of the molecule is CC(C)(C)CCCOCCOCCOCCOCCOCCOCCOCCOCCOCCOCCOCCOCCOCCOCCOCCNC(C)(C)C. The largest absolute Gasteiger partial charge is 0.379 e. The Balaban J connectivity index is 3.08. The van der Waals surface area contributed by atoms with Crippen molar-refractivity contribution in [1.82, 2.24) is 5.32 Å². The molecule has 0 amide bonds. The van der Waals surface area contributed by atoms with Crippen molar-refractivity contribution in [3.05, 3.63) is 0 Å². The molecule has 0 atom stereocenters. The smallest absolute Gasteiger partial charge is 0.0701 e. The highest BCUT2D eigenvalue weighted by molar-refractivity contribution is 4.69. The van der Waals surface area contributed by atoms with Crippen LogP contribution in [0.15, 0.2) is 0 Å². The summed E-state index contributed by atoms with van der Waals surface area (Å²) in [6, 6.07) is 0. The first kappa shape index (κ1) is 56.4. The Kier molecular flexibility index (Phi) is 44.4. The van der Waals surface area contributed by atoms with Gasteiger partial charge in [-0.05, 0) is 39.0 Å². The summed E-state index contributed by atoms with van der Waals surface area (Å²) in [5.74, 6) is 0. The molecule has 344 valence electrons. The second kappa shape index (κ2) is 44.9. The molecular weight excluding hydrogens is 746 g/mol. The highest BCUT2D eigenvalue weighted by Crippen LogP contribution is 2.20. The maximum atomic E-state index is 5.58. The number of hydrogen-bond donors (Lipinski definition) is 1. The van der Waals surface area contributed by atoms with Crippen LogP contribution in [0.25, 0.3) is 0 Å². The topological polar surface area (TPSA) is 150 Å². The van der Waals surface area contributed by atoms with Crippen molar-refractivity contribution in [2.75, 3.05) is 205 Å². The summed E-state index contributed by atoms with van der Waals surface area (Å²) in [6.45, 7) is 30.3. The van der Waals surface area contributed by atoms with Crippen LogP contribution in [-0.4, -0.2) is 210 Å². The Bertz CT molecular complexity index is 699. The van der Waals surface area contributed by atoms with Crippen LogP contribution in [0.4, 0.5) is 0 Å². The number of hydrogen-bond acceptors (Lipinski definition) is 16. The predicted octanol–water partition coefficient (Wildman–Crippen LogP) is 3.45. The van der Waals surface area contributed by atoms with E-state index < -0.39 is 0 Å². The van der Waals surface area contributed by atoms with Crippen molar-refractivity contribution in [3.63, 3.8) is 0 Å². The molecule has 1 N–H and O–H groups in total. The van der Waals surface area contributed by atoms with Crippen molar-refractivity contribution in [2.45, 2.75) is 59.9 Å². The van der Waals surface area contributed by atoms with Crippen molar-refractivity contribution in [2.24, 2.45) is 5.41 Å². The van der Waals surface area contributed by atoms with Crippen LogP contribution in [0.5, 0.6) is 0 Å². The standard InChI is InChI=1S/C41H85NO15/c1-40(2,3)8-7-10-43-12-14-45-16-18-47-20-22-49-24-26-51-28-30-53-32-34-55-36-38-57-39-37-56-35-33-54-31-29-52-27-25-50-23-21-48-19-17-46-15-13-44-11-9-42-41(4,5)6/h42H,7-39H2,1-6H3. The van der Waals surface area contributed by atoms with E-state index in [-0.39, 0.29) is 5.54 Å². The molecule has 0 saturated heterocycles. The fourth-order valence-corrected chi connectivity index (χ4v) is 4.38. The zero-order valence-corrected chi connectivity index (χ0v) is 37.0. The van der Waals surface area contributed by atoms with Gasteiger partial charge in [0.05, 0.1) is 192 Å². The molecular formula is C41H85NO15. The van der Waals surface area contributed by atoms with Gasteiger partial charge in [-0.3, -0.25) is 0 Å². The lowest BCUT2D eigenvalue weighted by Crippen LogP contribution is -2.38. The molecule has 0 radical (unpaired) electrons. The molecule has 0 heterocycles. The molecule has 0 unspecified atom stereocenters. The Morgan fingerprint density at radius 2 is 0.421 bits per heavy atom. The molecule has 57 heavy (non-hydrogen) atoms. The van der Waals surface area contributed by atoms with E-state index in [9.17, 15) is 0 Å². The van der Waals surface area contributed by atoms with Gasteiger partial charge in [-0.15, -0.1) is 0 Å². The third-order valence-corrected chi connectivity index (χ3v) is 7.33.